The second-order valence-electron chi connectivity index (χ2n) is 13.9. The van der Waals surface area contributed by atoms with Crippen LogP contribution in [0, 0.1) is 0 Å². The van der Waals surface area contributed by atoms with Gasteiger partial charge in [-0.15, -0.1) is 0 Å². The van der Waals surface area contributed by atoms with Gasteiger partial charge in [-0.25, -0.2) is 4.57 Å². The van der Waals surface area contributed by atoms with E-state index >= 15 is 0 Å². The van der Waals surface area contributed by atoms with Gasteiger partial charge in [0.2, 0.25) is 0 Å². The van der Waals surface area contributed by atoms with Crippen molar-refractivity contribution in [1.29, 1.82) is 0 Å². The van der Waals surface area contributed by atoms with Crippen molar-refractivity contribution in [3.05, 3.63) is 97.2 Å². The Hall–Kier alpha value is -3.64. The fourth-order valence-corrected chi connectivity index (χ4v) is 5.80. The van der Waals surface area contributed by atoms with Crippen LogP contribution in [0.3, 0.4) is 0 Å². The van der Waals surface area contributed by atoms with Crippen molar-refractivity contribution in [2.45, 2.75) is 154 Å². The number of carbonyl (C=O) groups is 3. The number of aliphatic carboxylic acids is 1. The molecule has 2 unspecified atom stereocenters. The molecule has 0 spiro atoms. The predicted molar refractivity (Wildman–Crippen MR) is 236 cm³/mol. The number of ether oxygens (including phenoxy) is 2. The summed E-state index contributed by atoms with van der Waals surface area (Å²) in [5.41, 5.74) is 5.31. The molecule has 0 aliphatic heterocycles. The Morgan fingerprint density at radius 2 is 1.15 bits per heavy atom. The molecule has 0 aliphatic rings. The highest BCUT2D eigenvalue weighted by molar-refractivity contribution is 7.47. The van der Waals surface area contributed by atoms with Crippen LogP contribution in [0.15, 0.2) is 97.2 Å². The Morgan fingerprint density at radius 3 is 1.75 bits per heavy atom. The van der Waals surface area contributed by atoms with Crippen molar-refractivity contribution < 1.29 is 52.6 Å². The maximum Gasteiger partial charge on any atom is 0.472 e. The monoisotopic (exact) mass is 847 g/mol. The molecule has 0 aliphatic carbocycles. The van der Waals surface area contributed by atoms with Gasteiger partial charge in [-0.1, -0.05) is 143 Å². The Kier molecular flexibility index (Phi) is 37.3. The third-order valence-electron chi connectivity index (χ3n) is 8.43. The van der Waals surface area contributed by atoms with Crippen molar-refractivity contribution in [2.75, 3.05) is 19.8 Å². The zero-order valence-corrected chi connectivity index (χ0v) is 36.6. The van der Waals surface area contributed by atoms with Crippen LogP contribution in [0.5, 0.6) is 0 Å². The van der Waals surface area contributed by atoms with E-state index in [2.05, 4.69) is 91.3 Å². The standard InChI is InChI=1S/C46H74NO11P/c1-3-5-7-9-11-13-15-17-19-21-22-24-26-28-30-32-34-41(48)36-37-45(50)58-42(39-56-59(53,54)57-40-43(47)46(51)52)38-55-44(49)35-33-31-29-27-25-23-20-18-16-14-12-10-8-6-4-2/h5,7,11-14,17-20,22,24,28,30,32,34,41-43,48H,3-4,6,8-10,15-16,21,23,25-27,29,31,33,35-40,47H2,1-2H3,(H,51,52)(H,53,54)/b7-5-,13-11-,14-12-,19-17-,20-18-,24-22-,30-28-,34-32-/t41?,42-,43+/m1/s1. The number of aliphatic hydroxyl groups is 1. The van der Waals surface area contributed by atoms with Gasteiger partial charge in [0.25, 0.3) is 0 Å². The Bertz CT molecular complexity index is 1380. The molecule has 13 heteroatoms. The molecule has 4 atom stereocenters. The molecule has 0 aromatic carbocycles. The van der Waals surface area contributed by atoms with Crippen molar-refractivity contribution in [3.63, 3.8) is 0 Å². The smallest absolute Gasteiger partial charge is 0.472 e. The normalized spacial score (nSPS) is 15.2. The highest BCUT2D eigenvalue weighted by atomic mass is 31.2. The molecule has 0 saturated heterocycles. The zero-order chi connectivity index (χ0) is 43.7. The molecule has 0 amide bonds. The maximum absolute atomic E-state index is 12.6. The van der Waals surface area contributed by atoms with Gasteiger partial charge in [-0.3, -0.25) is 23.4 Å². The lowest BCUT2D eigenvalue weighted by molar-refractivity contribution is -0.161. The summed E-state index contributed by atoms with van der Waals surface area (Å²) in [7, 11) is -4.79. The van der Waals surface area contributed by atoms with E-state index in [0.29, 0.717) is 6.42 Å². The van der Waals surface area contributed by atoms with Gasteiger partial charge in [-0.2, -0.15) is 0 Å². The average molecular weight is 848 g/mol. The van der Waals surface area contributed by atoms with E-state index in [1.165, 1.54) is 25.3 Å². The van der Waals surface area contributed by atoms with Crippen LogP contribution in [0.1, 0.15) is 136 Å². The molecule has 59 heavy (non-hydrogen) atoms. The van der Waals surface area contributed by atoms with Crippen LogP contribution in [-0.2, 0) is 37.5 Å². The summed E-state index contributed by atoms with van der Waals surface area (Å²) >= 11 is 0. The summed E-state index contributed by atoms with van der Waals surface area (Å²) in [5.74, 6) is -2.72. The third kappa shape index (κ3) is 39.6. The summed E-state index contributed by atoms with van der Waals surface area (Å²) in [4.78, 5) is 46.0. The van der Waals surface area contributed by atoms with E-state index in [0.717, 1.165) is 77.0 Å². The fourth-order valence-electron chi connectivity index (χ4n) is 5.03. The van der Waals surface area contributed by atoms with Crippen LogP contribution in [0.2, 0.25) is 0 Å². The summed E-state index contributed by atoms with van der Waals surface area (Å²) in [6, 6.07) is -1.57. The van der Waals surface area contributed by atoms with Gasteiger partial charge in [0.05, 0.1) is 19.3 Å². The van der Waals surface area contributed by atoms with Crippen molar-refractivity contribution in [2.24, 2.45) is 5.73 Å². The number of unbranched alkanes of at least 4 members (excludes halogenated alkanes) is 8. The Morgan fingerprint density at radius 1 is 0.627 bits per heavy atom. The first-order valence-corrected chi connectivity index (χ1v) is 22.9. The summed E-state index contributed by atoms with van der Waals surface area (Å²) in [5, 5.41) is 19.2. The summed E-state index contributed by atoms with van der Waals surface area (Å²) in [6.07, 6.45) is 46.6. The fraction of sp³-hybridized carbons (Fsp3) is 0.587. The number of aliphatic hydroxyl groups excluding tert-OH is 1. The van der Waals surface area contributed by atoms with Gasteiger partial charge in [0, 0.05) is 12.8 Å². The van der Waals surface area contributed by atoms with Crippen LogP contribution in [-0.4, -0.2) is 71.1 Å². The number of allylic oxidation sites excluding steroid dienone is 15. The molecule has 12 nitrogen and oxygen atoms in total. The number of carbonyl (C=O) groups excluding carboxylic acids is 2. The van der Waals surface area contributed by atoms with E-state index in [1.54, 1.807) is 12.2 Å². The van der Waals surface area contributed by atoms with Gasteiger partial charge >= 0.3 is 25.7 Å². The van der Waals surface area contributed by atoms with E-state index in [-0.39, 0.29) is 19.3 Å². The molecule has 0 aromatic rings. The first kappa shape index (κ1) is 55.4. The molecular weight excluding hydrogens is 773 g/mol. The largest absolute Gasteiger partial charge is 0.480 e. The molecule has 0 radical (unpaired) electrons. The molecule has 0 fully saturated rings. The lowest BCUT2D eigenvalue weighted by atomic mass is 10.1. The van der Waals surface area contributed by atoms with Gasteiger partial charge in [0.1, 0.15) is 12.6 Å². The molecule has 5 N–H and O–H groups in total. The molecule has 0 heterocycles. The van der Waals surface area contributed by atoms with Crippen molar-refractivity contribution in [3.8, 4) is 0 Å². The number of esters is 2. The van der Waals surface area contributed by atoms with Crippen LogP contribution in [0.25, 0.3) is 0 Å². The van der Waals surface area contributed by atoms with Gasteiger partial charge in [-0.05, 0) is 77.0 Å². The first-order chi connectivity index (χ1) is 28.5. The van der Waals surface area contributed by atoms with E-state index in [1.807, 2.05) is 6.08 Å². The number of carboxylic acids is 1. The number of rotatable bonds is 38. The molecule has 0 aromatic heterocycles. The number of hydrogen-bond acceptors (Lipinski definition) is 10. The lowest BCUT2D eigenvalue weighted by Gasteiger charge is -2.20. The number of hydrogen-bond donors (Lipinski definition) is 4. The zero-order valence-electron chi connectivity index (χ0n) is 35.7. The van der Waals surface area contributed by atoms with E-state index in [4.69, 9.17) is 24.8 Å². The van der Waals surface area contributed by atoms with Crippen LogP contribution >= 0.6 is 7.82 Å². The van der Waals surface area contributed by atoms with Gasteiger partial charge < -0.3 is 30.3 Å². The molecule has 0 saturated carbocycles. The molecular formula is C46H74NO11P. The molecule has 0 rings (SSSR count). The van der Waals surface area contributed by atoms with Crippen LogP contribution in [0.4, 0.5) is 0 Å². The Labute approximate surface area is 354 Å². The number of carboxylic acid groups (broad SMARTS) is 1. The van der Waals surface area contributed by atoms with Crippen molar-refractivity contribution >= 4 is 25.7 Å². The topological polar surface area (TPSA) is 192 Å². The summed E-state index contributed by atoms with van der Waals surface area (Å²) < 4.78 is 32.5. The highest BCUT2D eigenvalue weighted by Crippen LogP contribution is 2.43. The molecule has 0 bridgehead atoms. The van der Waals surface area contributed by atoms with Gasteiger partial charge in [0.15, 0.2) is 6.10 Å². The summed E-state index contributed by atoms with van der Waals surface area (Å²) in [6.45, 7) is 2.38. The number of phosphoric ester groups is 1. The number of nitrogens with two attached hydrogens (primary N) is 1. The highest BCUT2D eigenvalue weighted by Gasteiger charge is 2.28. The van der Waals surface area contributed by atoms with E-state index < -0.39 is 63.8 Å². The minimum atomic E-state index is -4.79. The minimum absolute atomic E-state index is 0.0366. The second-order valence-corrected chi connectivity index (χ2v) is 15.4. The van der Waals surface area contributed by atoms with Crippen molar-refractivity contribution in [1.82, 2.24) is 0 Å². The SMILES string of the molecule is CC/C=C\C/C=C\C/C=C\C/C=C\C/C=C\C=C/C(O)CCC(=O)O[C@H](COC(=O)CCCCCCC/C=C\C/C=C\CCCCC)COP(=O)(O)OC[C@H](N)C(=O)O. The minimum Gasteiger partial charge on any atom is -0.480 e. The quantitative estimate of drug-likeness (QED) is 0.0151. The van der Waals surface area contributed by atoms with E-state index in [9.17, 15) is 28.9 Å². The molecule has 334 valence electrons. The van der Waals surface area contributed by atoms with Crippen LogP contribution < -0.4 is 5.73 Å². The first-order valence-electron chi connectivity index (χ1n) is 21.4. The Balaban J connectivity index is 4.67. The second kappa shape index (κ2) is 39.8. The average Bonchev–Trinajstić information content (AvgIpc) is 3.21. The maximum atomic E-state index is 12.6. The third-order valence-corrected chi connectivity index (χ3v) is 9.38. The lowest BCUT2D eigenvalue weighted by Crippen LogP contribution is -2.34. The number of phosphoric acid groups is 1. The predicted octanol–water partition coefficient (Wildman–Crippen LogP) is 10.2.